The molecule has 0 spiro atoms. The maximum Gasteiger partial charge on any atom is 0.329 e. The topological polar surface area (TPSA) is 92.8 Å². The number of carbonyl (C=O) groups excluding carboxylic acids is 4. The molecular weight excluding hydrogens is 360 g/mol. The van der Waals surface area contributed by atoms with Crippen LogP contribution >= 0.6 is 0 Å². The normalized spacial score (nSPS) is 13.9. The number of hydrogen-bond acceptors (Lipinski definition) is 5. The summed E-state index contributed by atoms with van der Waals surface area (Å²) in [6, 6.07) is 12.5. The lowest BCUT2D eigenvalue weighted by molar-refractivity contribution is -0.150. The highest BCUT2D eigenvalue weighted by molar-refractivity contribution is 6.22. The van der Waals surface area contributed by atoms with Crippen molar-refractivity contribution in [2.45, 2.75) is 26.3 Å². The molecule has 0 saturated carbocycles. The van der Waals surface area contributed by atoms with Crippen molar-refractivity contribution in [1.82, 2.24) is 4.90 Å². The number of nitrogens with zero attached hydrogens (tertiary/aromatic N) is 1. The average Bonchev–Trinajstić information content (AvgIpc) is 2.97. The van der Waals surface area contributed by atoms with E-state index in [0.717, 1.165) is 16.9 Å². The van der Waals surface area contributed by atoms with E-state index in [2.05, 4.69) is 5.32 Å². The summed E-state index contributed by atoms with van der Waals surface area (Å²) < 4.78 is 4.99. The Bertz CT molecular complexity index is 901. The highest BCUT2D eigenvalue weighted by Gasteiger charge is 2.41. The number of aryl methyl sites for hydroxylation is 1. The first-order valence-corrected chi connectivity index (χ1v) is 8.94. The van der Waals surface area contributed by atoms with E-state index in [0.29, 0.717) is 5.69 Å². The molecule has 1 N–H and O–H groups in total. The number of amides is 3. The molecule has 1 heterocycles. The number of imide groups is 1. The molecule has 2 aromatic carbocycles. The van der Waals surface area contributed by atoms with Crippen LogP contribution in [0.2, 0.25) is 0 Å². The molecule has 144 valence electrons. The standard InChI is InChI=1S/C21H20N2O5/c1-3-14-8-10-15(11-9-14)22-18(24)12-28-21(27)13(2)23-19(25)16-6-4-5-7-17(16)20(23)26/h4-11,13H,3,12H2,1-2H3,(H,22,24). The fourth-order valence-electron chi connectivity index (χ4n) is 2.94. The number of fused-ring (bicyclic) bond motifs is 1. The molecule has 28 heavy (non-hydrogen) atoms. The van der Waals surface area contributed by atoms with E-state index in [4.69, 9.17) is 4.74 Å². The van der Waals surface area contributed by atoms with Gasteiger partial charge in [-0.3, -0.25) is 19.3 Å². The van der Waals surface area contributed by atoms with E-state index in [-0.39, 0.29) is 11.1 Å². The second-order valence-electron chi connectivity index (χ2n) is 6.41. The summed E-state index contributed by atoms with van der Waals surface area (Å²) in [6.45, 7) is 2.91. The number of nitrogens with one attached hydrogen (secondary N) is 1. The van der Waals surface area contributed by atoms with Crippen LogP contribution in [0.25, 0.3) is 0 Å². The van der Waals surface area contributed by atoms with Gasteiger partial charge in [0, 0.05) is 5.69 Å². The van der Waals surface area contributed by atoms with Gasteiger partial charge >= 0.3 is 5.97 Å². The van der Waals surface area contributed by atoms with Crippen molar-refractivity contribution in [3.8, 4) is 0 Å². The van der Waals surface area contributed by atoms with Gasteiger partial charge in [-0.1, -0.05) is 31.2 Å². The molecule has 1 unspecified atom stereocenters. The largest absolute Gasteiger partial charge is 0.454 e. The first kappa shape index (κ1) is 19.3. The maximum absolute atomic E-state index is 12.4. The van der Waals surface area contributed by atoms with Crippen molar-refractivity contribution in [1.29, 1.82) is 0 Å². The van der Waals surface area contributed by atoms with Crippen LogP contribution in [0.3, 0.4) is 0 Å². The first-order chi connectivity index (χ1) is 13.4. The van der Waals surface area contributed by atoms with Crippen LogP contribution in [0.1, 0.15) is 40.1 Å². The van der Waals surface area contributed by atoms with E-state index in [1.807, 2.05) is 19.1 Å². The minimum Gasteiger partial charge on any atom is -0.454 e. The van der Waals surface area contributed by atoms with Crippen molar-refractivity contribution < 1.29 is 23.9 Å². The molecule has 7 heteroatoms. The highest BCUT2D eigenvalue weighted by atomic mass is 16.5. The predicted molar refractivity (Wildman–Crippen MR) is 102 cm³/mol. The van der Waals surface area contributed by atoms with Gasteiger partial charge in [0.25, 0.3) is 17.7 Å². The summed E-state index contributed by atoms with van der Waals surface area (Å²) in [6.07, 6.45) is 0.890. The van der Waals surface area contributed by atoms with Gasteiger partial charge in [0.2, 0.25) is 0 Å². The van der Waals surface area contributed by atoms with Crippen LogP contribution in [-0.2, 0) is 20.7 Å². The number of anilines is 1. The molecule has 2 aromatic rings. The lowest BCUT2D eigenvalue weighted by atomic mass is 10.1. The smallest absolute Gasteiger partial charge is 0.329 e. The molecule has 3 rings (SSSR count). The molecule has 0 aromatic heterocycles. The Morgan fingerprint density at radius 1 is 1.00 bits per heavy atom. The molecule has 7 nitrogen and oxygen atoms in total. The molecule has 3 amide bonds. The Morgan fingerprint density at radius 3 is 2.11 bits per heavy atom. The Hall–Kier alpha value is -3.48. The monoisotopic (exact) mass is 380 g/mol. The first-order valence-electron chi connectivity index (χ1n) is 8.94. The number of carbonyl (C=O) groups is 4. The average molecular weight is 380 g/mol. The molecule has 0 radical (unpaired) electrons. The van der Waals surface area contributed by atoms with E-state index < -0.39 is 36.3 Å². The van der Waals surface area contributed by atoms with Crippen molar-refractivity contribution >= 4 is 29.4 Å². The Kier molecular flexibility index (Phi) is 5.54. The number of benzene rings is 2. The van der Waals surface area contributed by atoms with Crippen molar-refractivity contribution in [2.75, 3.05) is 11.9 Å². The molecule has 0 bridgehead atoms. The summed E-state index contributed by atoms with van der Waals surface area (Å²) in [5, 5.41) is 2.63. The number of hydrogen-bond donors (Lipinski definition) is 1. The third kappa shape index (κ3) is 3.78. The molecule has 0 saturated heterocycles. The van der Waals surface area contributed by atoms with Crippen LogP contribution in [0.5, 0.6) is 0 Å². The molecule has 1 atom stereocenters. The van der Waals surface area contributed by atoms with Gasteiger partial charge in [0.15, 0.2) is 6.61 Å². The van der Waals surface area contributed by atoms with E-state index >= 15 is 0 Å². The third-order valence-corrected chi connectivity index (χ3v) is 4.55. The van der Waals surface area contributed by atoms with Crippen LogP contribution < -0.4 is 5.32 Å². The highest BCUT2D eigenvalue weighted by Crippen LogP contribution is 2.24. The Balaban J connectivity index is 1.56. The van der Waals surface area contributed by atoms with Gasteiger partial charge in [0.1, 0.15) is 6.04 Å². The molecule has 0 fully saturated rings. The number of ether oxygens (including phenoxy) is 1. The van der Waals surface area contributed by atoms with Gasteiger partial charge in [0.05, 0.1) is 11.1 Å². The minimum absolute atomic E-state index is 0.250. The summed E-state index contributed by atoms with van der Waals surface area (Å²) in [7, 11) is 0. The zero-order valence-corrected chi connectivity index (χ0v) is 15.6. The van der Waals surface area contributed by atoms with Crippen LogP contribution in [0.15, 0.2) is 48.5 Å². The molecule has 1 aliphatic rings. The maximum atomic E-state index is 12.4. The lowest BCUT2D eigenvalue weighted by Crippen LogP contribution is -2.44. The molecular formula is C21H20N2O5. The second kappa shape index (κ2) is 8.04. The van der Waals surface area contributed by atoms with Gasteiger partial charge in [-0.2, -0.15) is 0 Å². The minimum atomic E-state index is -1.14. The summed E-state index contributed by atoms with van der Waals surface area (Å²) in [5.74, 6) is -2.44. The summed E-state index contributed by atoms with van der Waals surface area (Å²) >= 11 is 0. The van der Waals surface area contributed by atoms with Gasteiger partial charge < -0.3 is 10.1 Å². The van der Waals surface area contributed by atoms with Crippen molar-refractivity contribution in [3.63, 3.8) is 0 Å². The summed E-state index contributed by atoms with van der Waals surface area (Å²) in [4.78, 5) is 49.9. The number of esters is 1. The quantitative estimate of drug-likeness (QED) is 0.614. The fraction of sp³-hybridized carbons (Fsp3) is 0.238. The third-order valence-electron chi connectivity index (χ3n) is 4.55. The van der Waals surface area contributed by atoms with E-state index in [9.17, 15) is 19.2 Å². The SMILES string of the molecule is CCc1ccc(NC(=O)COC(=O)C(C)N2C(=O)c3ccccc3C2=O)cc1. The zero-order chi connectivity index (χ0) is 20.3. The van der Waals surface area contributed by atoms with Gasteiger partial charge in [-0.05, 0) is 43.2 Å². The summed E-state index contributed by atoms with van der Waals surface area (Å²) in [5.41, 5.74) is 2.23. The van der Waals surface area contributed by atoms with Crippen LogP contribution in [0, 0.1) is 0 Å². The lowest BCUT2D eigenvalue weighted by Gasteiger charge is -2.20. The predicted octanol–water partition coefficient (Wildman–Crippen LogP) is 2.42. The fourth-order valence-corrected chi connectivity index (χ4v) is 2.94. The van der Waals surface area contributed by atoms with E-state index in [1.165, 1.54) is 19.1 Å². The molecule has 1 aliphatic heterocycles. The van der Waals surface area contributed by atoms with Gasteiger partial charge in [-0.25, -0.2) is 4.79 Å². The Labute approximate surface area is 162 Å². The second-order valence-corrected chi connectivity index (χ2v) is 6.41. The van der Waals surface area contributed by atoms with Crippen molar-refractivity contribution in [3.05, 3.63) is 65.2 Å². The number of rotatable bonds is 6. The zero-order valence-electron chi connectivity index (χ0n) is 15.6. The van der Waals surface area contributed by atoms with E-state index in [1.54, 1.807) is 24.3 Å². The van der Waals surface area contributed by atoms with Gasteiger partial charge in [-0.15, -0.1) is 0 Å². The van der Waals surface area contributed by atoms with Crippen LogP contribution in [0.4, 0.5) is 5.69 Å². The van der Waals surface area contributed by atoms with Crippen molar-refractivity contribution in [2.24, 2.45) is 0 Å². The van der Waals surface area contributed by atoms with Crippen LogP contribution in [-0.4, -0.2) is 41.2 Å². The Morgan fingerprint density at radius 2 is 1.57 bits per heavy atom. The molecule has 0 aliphatic carbocycles.